The van der Waals surface area contributed by atoms with Crippen molar-refractivity contribution >= 4 is 25.8 Å². The Kier molecular flexibility index (Phi) is 4.54. The first-order valence-electron chi connectivity index (χ1n) is 5.56. The molecule has 17 heavy (non-hydrogen) atoms. The Morgan fingerprint density at radius 1 is 1.41 bits per heavy atom. The van der Waals surface area contributed by atoms with Crippen molar-refractivity contribution in [2.75, 3.05) is 6.66 Å². The lowest BCUT2D eigenvalue weighted by Crippen LogP contribution is -2.19. The Morgan fingerprint density at radius 3 is 2.47 bits per heavy atom. The van der Waals surface area contributed by atoms with Gasteiger partial charge in [0.25, 0.3) is 6.43 Å². The van der Waals surface area contributed by atoms with Gasteiger partial charge in [-0.3, -0.25) is 0 Å². The molecule has 92 valence electrons. The quantitative estimate of drug-likeness (QED) is 0.598. The number of halogens is 2. The molecule has 1 aromatic carbocycles. The fourth-order valence-corrected chi connectivity index (χ4v) is 3.60. The maximum atomic E-state index is 12.7. The summed E-state index contributed by atoms with van der Waals surface area (Å²) in [5, 5.41) is 0.483. The zero-order chi connectivity index (χ0) is 13.2. The maximum absolute atomic E-state index is 12.7. The number of hydrogen-bond acceptors (Lipinski definition) is 1. The molecule has 0 heterocycles. The van der Waals surface area contributed by atoms with Gasteiger partial charge in [0.15, 0.2) is 0 Å². The Hall–Kier alpha value is -0.625. The standard InChI is InChI=1S/C12H16BF2OP/c1-4-8(2)17(3,16)9-5-6-11(13)10(7-9)12(14)15/h5-8,12H,4H2,1-3H3. The van der Waals surface area contributed by atoms with Gasteiger partial charge in [0.2, 0.25) is 0 Å². The van der Waals surface area contributed by atoms with Gasteiger partial charge in [-0.2, -0.15) is 0 Å². The van der Waals surface area contributed by atoms with Gasteiger partial charge in [0.1, 0.15) is 15.0 Å². The fourth-order valence-electron chi connectivity index (χ4n) is 1.63. The number of benzene rings is 1. The molecule has 0 fully saturated rings. The molecular weight excluding hydrogens is 240 g/mol. The van der Waals surface area contributed by atoms with Crippen LogP contribution in [0.3, 0.4) is 0 Å². The van der Waals surface area contributed by atoms with Gasteiger partial charge in [0.05, 0.1) is 0 Å². The summed E-state index contributed by atoms with van der Waals surface area (Å²) < 4.78 is 38.0. The molecule has 0 aromatic heterocycles. The predicted octanol–water partition coefficient (Wildman–Crippen LogP) is 2.83. The molecule has 0 bridgehead atoms. The van der Waals surface area contributed by atoms with Crippen molar-refractivity contribution in [3.05, 3.63) is 23.8 Å². The Balaban J connectivity index is 3.25. The minimum atomic E-state index is -2.63. The van der Waals surface area contributed by atoms with Crippen molar-refractivity contribution in [3.63, 3.8) is 0 Å². The van der Waals surface area contributed by atoms with E-state index in [0.717, 1.165) is 6.42 Å². The maximum Gasteiger partial charge on any atom is 0.263 e. The number of hydrogen-bond donors (Lipinski definition) is 0. The van der Waals surface area contributed by atoms with Crippen LogP contribution in [0, 0.1) is 0 Å². The number of alkyl halides is 2. The first-order chi connectivity index (χ1) is 7.80. The van der Waals surface area contributed by atoms with Gasteiger partial charge in [-0.15, -0.1) is 0 Å². The van der Waals surface area contributed by atoms with Crippen LogP contribution in [0.1, 0.15) is 32.3 Å². The second kappa shape index (κ2) is 5.35. The highest BCUT2D eigenvalue weighted by molar-refractivity contribution is 7.71. The van der Waals surface area contributed by atoms with Crippen molar-refractivity contribution in [2.45, 2.75) is 32.4 Å². The second-order valence-electron chi connectivity index (χ2n) is 4.36. The van der Waals surface area contributed by atoms with Gasteiger partial charge in [-0.05, 0) is 19.2 Å². The van der Waals surface area contributed by atoms with E-state index in [9.17, 15) is 13.3 Å². The van der Waals surface area contributed by atoms with E-state index in [2.05, 4.69) is 0 Å². The van der Waals surface area contributed by atoms with Crippen LogP contribution in [0.15, 0.2) is 18.2 Å². The summed E-state index contributed by atoms with van der Waals surface area (Å²) in [7, 11) is 2.86. The van der Waals surface area contributed by atoms with Crippen LogP contribution < -0.4 is 10.8 Å². The van der Waals surface area contributed by atoms with Crippen LogP contribution in [0.25, 0.3) is 0 Å². The molecule has 2 atom stereocenters. The minimum Gasteiger partial charge on any atom is -0.319 e. The molecular formula is C12H16BF2OP. The lowest BCUT2D eigenvalue weighted by Gasteiger charge is -2.21. The number of rotatable bonds is 4. The first kappa shape index (κ1) is 14.4. The van der Waals surface area contributed by atoms with E-state index in [1.54, 1.807) is 12.7 Å². The predicted molar refractivity (Wildman–Crippen MR) is 69.7 cm³/mol. The van der Waals surface area contributed by atoms with Gasteiger partial charge in [-0.1, -0.05) is 31.4 Å². The van der Waals surface area contributed by atoms with E-state index >= 15 is 0 Å². The van der Waals surface area contributed by atoms with Crippen molar-refractivity contribution in [3.8, 4) is 0 Å². The molecule has 2 radical (unpaired) electrons. The molecule has 0 aliphatic carbocycles. The van der Waals surface area contributed by atoms with Crippen molar-refractivity contribution in [1.29, 1.82) is 0 Å². The van der Waals surface area contributed by atoms with E-state index in [4.69, 9.17) is 7.85 Å². The van der Waals surface area contributed by atoms with Gasteiger partial charge in [0, 0.05) is 16.5 Å². The second-order valence-corrected chi connectivity index (χ2v) is 7.74. The SMILES string of the molecule is [B]c1ccc(P(C)(=O)C(C)CC)cc1C(F)F. The molecule has 1 nitrogen and oxygen atoms in total. The normalized spacial score (nSPS) is 16.8. The molecule has 0 saturated heterocycles. The van der Waals surface area contributed by atoms with Crippen LogP contribution >= 0.6 is 7.14 Å². The molecule has 0 aliphatic heterocycles. The van der Waals surface area contributed by atoms with Gasteiger partial charge >= 0.3 is 0 Å². The molecule has 0 N–H and O–H groups in total. The van der Waals surface area contributed by atoms with Crippen molar-refractivity contribution in [1.82, 2.24) is 0 Å². The molecule has 0 aliphatic rings. The van der Waals surface area contributed by atoms with Gasteiger partial charge in [-0.25, -0.2) is 8.78 Å². The van der Waals surface area contributed by atoms with E-state index < -0.39 is 13.6 Å². The summed E-state index contributed by atoms with van der Waals surface area (Å²) in [5.74, 6) is 0. The van der Waals surface area contributed by atoms with E-state index in [1.807, 2.05) is 13.8 Å². The topological polar surface area (TPSA) is 17.1 Å². The molecule has 1 rings (SSSR count). The third kappa shape index (κ3) is 2.98. The monoisotopic (exact) mass is 256 g/mol. The van der Waals surface area contributed by atoms with Crippen molar-refractivity contribution in [2.24, 2.45) is 0 Å². The summed E-state index contributed by atoms with van der Waals surface area (Å²) in [5.41, 5.74) is -0.197. The van der Waals surface area contributed by atoms with Crippen molar-refractivity contribution < 1.29 is 13.3 Å². The zero-order valence-electron chi connectivity index (χ0n) is 10.3. The molecule has 2 unspecified atom stereocenters. The highest BCUT2D eigenvalue weighted by Crippen LogP contribution is 2.47. The summed E-state index contributed by atoms with van der Waals surface area (Å²) in [6.07, 6.45) is -1.88. The molecule has 5 heteroatoms. The van der Waals surface area contributed by atoms with Crippen LogP contribution in [-0.4, -0.2) is 20.2 Å². The lowest BCUT2D eigenvalue weighted by molar-refractivity contribution is 0.152. The smallest absolute Gasteiger partial charge is 0.263 e. The molecule has 0 saturated carbocycles. The summed E-state index contributed by atoms with van der Waals surface area (Å²) in [6, 6.07) is 4.29. The van der Waals surface area contributed by atoms with Crippen LogP contribution in [-0.2, 0) is 4.57 Å². The fraction of sp³-hybridized carbons (Fsp3) is 0.500. The first-order valence-corrected chi connectivity index (χ1v) is 7.78. The molecule has 1 aromatic rings. The zero-order valence-corrected chi connectivity index (χ0v) is 11.2. The average molecular weight is 256 g/mol. The van der Waals surface area contributed by atoms with Crippen LogP contribution in [0.5, 0.6) is 0 Å². The Morgan fingerprint density at radius 2 is 2.00 bits per heavy atom. The van der Waals surface area contributed by atoms with Crippen LogP contribution in [0.2, 0.25) is 0 Å². The summed E-state index contributed by atoms with van der Waals surface area (Å²) >= 11 is 0. The van der Waals surface area contributed by atoms with Crippen LogP contribution in [0.4, 0.5) is 8.78 Å². The Bertz CT molecular complexity index is 448. The largest absolute Gasteiger partial charge is 0.319 e. The third-order valence-corrected chi connectivity index (χ3v) is 6.60. The Labute approximate surface area is 102 Å². The molecule has 0 amide bonds. The summed E-state index contributed by atoms with van der Waals surface area (Å²) in [4.78, 5) is 0. The average Bonchev–Trinajstić information content (AvgIpc) is 2.27. The summed E-state index contributed by atoms with van der Waals surface area (Å²) in [6.45, 7) is 5.45. The lowest BCUT2D eigenvalue weighted by atomic mass is 9.91. The highest BCUT2D eigenvalue weighted by atomic mass is 31.2. The van der Waals surface area contributed by atoms with E-state index in [0.29, 0.717) is 5.30 Å². The third-order valence-electron chi connectivity index (χ3n) is 3.25. The minimum absolute atomic E-state index is 0.0170. The molecule has 0 spiro atoms. The van der Waals surface area contributed by atoms with E-state index in [1.165, 1.54) is 12.1 Å². The van der Waals surface area contributed by atoms with E-state index in [-0.39, 0.29) is 16.7 Å². The van der Waals surface area contributed by atoms with Gasteiger partial charge < -0.3 is 4.57 Å². The highest BCUT2D eigenvalue weighted by Gasteiger charge is 2.26.